The lowest BCUT2D eigenvalue weighted by atomic mass is 10.0. The van der Waals surface area contributed by atoms with Gasteiger partial charge in [0.1, 0.15) is 11.4 Å². The van der Waals surface area contributed by atoms with Gasteiger partial charge >= 0.3 is 0 Å². The van der Waals surface area contributed by atoms with E-state index in [1.165, 1.54) is 12.5 Å². The maximum Gasteiger partial charge on any atom is 0.190 e. The number of benzene rings is 2. The topological polar surface area (TPSA) is 65.6 Å². The van der Waals surface area contributed by atoms with E-state index in [9.17, 15) is 5.11 Å². The third kappa shape index (κ3) is 3.87. The number of phenolic OH excluding ortho intramolecular Hbond substituents is 1. The highest BCUT2D eigenvalue weighted by atomic mass is 16.3. The summed E-state index contributed by atoms with van der Waals surface area (Å²) in [6, 6.07) is 13.7. The van der Waals surface area contributed by atoms with E-state index in [4.69, 9.17) is 6.57 Å². The van der Waals surface area contributed by atoms with E-state index in [0.29, 0.717) is 29.0 Å². The number of fused-ring (bicyclic) bond motifs is 1. The van der Waals surface area contributed by atoms with Crippen molar-refractivity contribution in [1.82, 2.24) is 15.1 Å². The molecule has 1 fully saturated rings. The fraction of sp³-hybridized carbons (Fsp3) is 0.348. The quantitative estimate of drug-likeness (QED) is 0.627. The van der Waals surface area contributed by atoms with Crippen LogP contribution in [0, 0.1) is 6.57 Å². The van der Waals surface area contributed by atoms with Crippen LogP contribution in [0.5, 0.6) is 5.75 Å². The lowest BCUT2D eigenvalue weighted by molar-refractivity contribution is 0.175. The van der Waals surface area contributed by atoms with Gasteiger partial charge in [-0.1, -0.05) is 36.4 Å². The molecule has 29 heavy (non-hydrogen) atoms. The number of likely N-dealkylation sites (tertiary alicyclic amines) is 1. The molecule has 3 aromatic rings. The van der Waals surface area contributed by atoms with Crippen LogP contribution in [-0.4, -0.2) is 45.4 Å². The molecule has 0 aliphatic carbocycles. The molecule has 1 aliphatic rings. The zero-order valence-corrected chi connectivity index (χ0v) is 16.8. The molecule has 1 aliphatic heterocycles. The Bertz CT molecular complexity index is 1070. The third-order valence-corrected chi connectivity index (χ3v) is 5.58. The zero-order valence-electron chi connectivity index (χ0n) is 16.8. The Labute approximate surface area is 171 Å². The van der Waals surface area contributed by atoms with E-state index < -0.39 is 0 Å². The van der Waals surface area contributed by atoms with Crippen molar-refractivity contribution in [2.45, 2.75) is 38.8 Å². The summed E-state index contributed by atoms with van der Waals surface area (Å²) < 4.78 is 0. The van der Waals surface area contributed by atoms with Crippen LogP contribution in [0.3, 0.4) is 0 Å². The molecule has 1 saturated heterocycles. The Morgan fingerprint density at radius 2 is 1.97 bits per heavy atom. The summed E-state index contributed by atoms with van der Waals surface area (Å²) in [5, 5.41) is 24.8. The summed E-state index contributed by atoms with van der Waals surface area (Å²) in [4.78, 5) is 5.85. The van der Waals surface area contributed by atoms with E-state index in [2.05, 4.69) is 39.1 Å². The first-order valence-electron chi connectivity index (χ1n) is 10.0. The molecule has 2 aromatic carbocycles. The summed E-state index contributed by atoms with van der Waals surface area (Å²) >= 11 is 0. The molecule has 6 heteroatoms. The molecule has 1 aromatic heterocycles. The fourth-order valence-electron chi connectivity index (χ4n) is 3.99. The van der Waals surface area contributed by atoms with Crippen molar-refractivity contribution in [3.8, 4) is 17.0 Å². The first-order chi connectivity index (χ1) is 14.1. The average Bonchev–Trinajstić information content (AvgIpc) is 2.74. The maximum absolute atomic E-state index is 10.4. The molecule has 4 rings (SSSR count). The fourth-order valence-corrected chi connectivity index (χ4v) is 3.99. The number of rotatable bonds is 4. The van der Waals surface area contributed by atoms with E-state index >= 15 is 0 Å². The Kier molecular flexibility index (Phi) is 5.32. The smallest absolute Gasteiger partial charge is 0.190 e. The normalized spacial score (nSPS) is 17.4. The number of piperidine rings is 1. The molecule has 0 bridgehead atoms. The lowest BCUT2D eigenvalue weighted by Gasteiger charge is -2.36. The monoisotopic (exact) mass is 387 g/mol. The van der Waals surface area contributed by atoms with Crippen LogP contribution in [0.2, 0.25) is 0 Å². The predicted molar refractivity (Wildman–Crippen MR) is 116 cm³/mol. The highest BCUT2D eigenvalue weighted by Gasteiger charge is 2.23. The van der Waals surface area contributed by atoms with Crippen LogP contribution >= 0.6 is 0 Å². The average molecular weight is 387 g/mol. The molecule has 0 spiro atoms. The van der Waals surface area contributed by atoms with Crippen molar-refractivity contribution in [2.75, 3.05) is 18.4 Å². The standard InChI is InChI=1S/C23H25N5O/c1-15(2)28-12-6-7-17(14-28)25-23-19-9-5-4-8-18(19)22(26-27-23)20-11-10-16(24-3)13-21(20)29/h4-5,8-11,13,15,17,29H,6-7,12,14H2,1-2H3,(H,25,27)/t17-/m1/s1. The Hall–Kier alpha value is -3.17. The zero-order chi connectivity index (χ0) is 20.4. The molecule has 148 valence electrons. The van der Waals surface area contributed by atoms with Crippen molar-refractivity contribution in [3.05, 3.63) is 53.9 Å². The molecule has 0 unspecified atom stereocenters. The molecule has 0 amide bonds. The lowest BCUT2D eigenvalue weighted by Crippen LogP contribution is -2.45. The van der Waals surface area contributed by atoms with E-state index in [1.54, 1.807) is 12.1 Å². The Balaban J connectivity index is 1.70. The largest absolute Gasteiger partial charge is 0.509 e. The van der Waals surface area contributed by atoms with Gasteiger partial charge in [0.15, 0.2) is 11.5 Å². The number of nitrogens with one attached hydrogen (secondary N) is 1. The first kappa shape index (κ1) is 19.2. The second-order valence-corrected chi connectivity index (χ2v) is 7.83. The van der Waals surface area contributed by atoms with Crippen LogP contribution in [0.15, 0.2) is 42.5 Å². The van der Waals surface area contributed by atoms with Crippen LogP contribution < -0.4 is 5.32 Å². The minimum Gasteiger partial charge on any atom is -0.509 e. The molecule has 2 heterocycles. The minimum absolute atomic E-state index is 0.0403. The van der Waals surface area contributed by atoms with Gasteiger partial charge in [-0.3, -0.25) is 4.90 Å². The molecule has 2 N–H and O–H groups in total. The van der Waals surface area contributed by atoms with Crippen LogP contribution in [0.25, 0.3) is 26.9 Å². The van der Waals surface area contributed by atoms with Gasteiger partial charge in [0, 0.05) is 35.0 Å². The molecule has 1 atom stereocenters. The first-order valence-corrected chi connectivity index (χ1v) is 10.0. The number of aromatic hydroxyl groups is 1. The van der Waals surface area contributed by atoms with E-state index in [0.717, 1.165) is 36.1 Å². The molecule has 6 nitrogen and oxygen atoms in total. The van der Waals surface area contributed by atoms with Crippen molar-refractivity contribution in [3.63, 3.8) is 0 Å². The van der Waals surface area contributed by atoms with Gasteiger partial charge in [0.05, 0.1) is 6.57 Å². The number of anilines is 1. The summed E-state index contributed by atoms with van der Waals surface area (Å²) in [5.41, 5.74) is 1.60. The van der Waals surface area contributed by atoms with E-state index in [1.807, 2.05) is 24.3 Å². The van der Waals surface area contributed by atoms with Crippen molar-refractivity contribution in [2.24, 2.45) is 0 Å². The minimum atomic E-state index is 0.0403. The second-order valence-electron chi connectivity index (χ2n) is 7.83. The summed E-state index contributed by atoms with van der Waals surface area (Å²) in [7, 11) is 0. The van der Waals surface area contributed by atoms with Crippen molar-refractivity contribution < 1.29 is 5.11 Å². The SMILES string of the molecule is [C-]#[N+]c1ccc(-c2nnc(N[C@@H]3CCCN(C(C)C)C3)c3ccccc23)c(O)c1. The second kappa shape index (κ2) is 8.06. The Morgan fingerprint density at radius 3 is 2.69 bits per heavy atom. The number of hydrogen-bond donors (Lipinski definition) is 2. The van der Waals surface area contributed by atoms with Gasteiger partial charge in [0.25, 0.3) is 0 Å². The van der Waals surface area contributed by atoms with Crippen molar-refractivity contribution >= 4 is 22.3 Å². The Morgan fingerprint density at radius 1 is 1.17 bits per heavy atom. The van der Waals surface area contributed by atoms with Crippen LogP contribution in [0.4, 0.5) is 11.5 Å². The van der Waals surface area contributed by atoms with Gasteiger partial charge in [-0.2, -0.15) is 0 Å². The van der Waals surface area contributed by atoms with E-state index in [-0.39, 0.29) is 5.75 Å². The van der Waals surface area contributed by atoms with Gasteiger partial charge in [-0.05, 0) is 39.3 Å². The number of aromatic nitrogens is 2. The number of nitrogens with zero attached hydrogens (tertiary/aromatic N) is 4. The maximum atomic E-state index is 10.4. The van der Waals surface area contributed by atoms with Crippen molar-refractivity contribution in [1.29, 1.82) is 0 Å². The van der Waals surface area contributed by atoms with Gasteiger partial charge in [0.2, 0.25) is 0 Å². The summed E-state index contributed by atoms with van der Waals surface area (Å²) in [6.45, 7) is 13.7. The molecular formula is C23H25N5O. The highest BCUT2D eigenvalue weighted by molar-refractivity contribution is 6.01. The summed E-state index contributed by atoms with van der Waals surface area (Å²) in [5.74, 6) is 0.816. The van der Waals surface area contributed by atoms with Gasteiger partial charge in [-0.15, -0.1) is 10.2 Å². The molecule has 0 saturated carbocycles. The molecular weight excluding hydrogens is 362 g/mol. The van der Waals surface area contributed by atoms with Crippen LogP contribution in [0.1, 0.15) is 26.7 Å². The molecule has 0 radical (unpaired) electrons. The predicted octanol–water partition coefficient (Wildman–Crippen LogP) is 4.84. The number of hydrogen-bond acceptors (Lipinski definition) is 5. The van der Waals surface area contributed by atoms with Crippen LogP contribution in [-0.2, 0) is 0 Å². The number of phenols is 1. The third-order valence-electron chi connectivity index (χ3n) is 5.58. The van der Waals surface area contributed by atoms with Gasteiger partial charge in [-0.25, -0.2) is 4.85 Å². The summed E-state index contributed by atoms with van der Waals surface area (Å²) in [6.07, 6.45) is 2.28. The van der Waals surface area contributed by atoms with Gasteiger partial charge < -0.3 is 10.4 Å². The highest BCUT2D eigenvalue weighted by Crippen LogP contribution is 2.36.